The number of ether oxygens (including phenoxy) is 1. The van der Waals surface area contributed by atoms with Gasteiger partial charge in [-0.2, -0.15) is 0 Å². The molecular formula is C25H25NO3. The number of anilines is 1. The molecule has 3 aromatic rings. The molecule has 29 heavy (non-hydrogen) atoms. The summed E-state index contributed by atoms with van der Waals surface area (Å²) in [4.78, 5) is 27.9. The Morgan fingerprint density at radius 3 is 2.31 bits per heavy atom. The van der Waals surface area contributed by atoms with Gasteiger partial charge in [0.25, 0.3) is 0 Å². The number of esters is 1. The zero-order chi connectivity index (χ0) is 20.6. The molecule has 1 saturated heterocycles. The molecule has 1 aliphatic heterocycles. The Morgan fingerprint density at radius 1 is 0.966 bits per heavy atom. The zero-order valence-electron chi connectivity index (χ0n) is 17.0. The Balaban J connectivity index is 1.83. The Bertz CT molecular complexity index is 1060. The minimum atomic E-state index is -1.05. The molecule has 1 aliphatic rings. The van der Waals surface area contributed by atoms with Crippen molar-refractivity contribution in [3.8, 4) is 0 Å². The molecule has 4 rings (SSSR count). The summed E-state index contributed by atoms with van der Waals surface area (Å²) in [5.41, 5.74) is 0.0666. The van der Waals surface area contributed by atoms with Crippen LogP contribution in [-0.4, -0.2) is 23.0 Å². The molecule has 0 aromatic heterocycles. The SMILES string of the molecule is CC(C)(C)OC(=O)[C@]1(Cc2ccccc2)CC(=O)N1c1cccc2ccccc12. The van der Waals surface area contributed by atoms with E-state index in [1.807, 2.05) is 93.6 Å². The van der Waals surface area contributed by atoms with E-state index >= 15 is 0 Å². The van der Waals surface area contributed by atoms with E-state index in [1.54, 1.807) is 4.90 Å². The smallest absolute Gasteiger partial charge is 0.333 e. The van der Waals surface area contributed by atoms with Gasteiger partial charge in [0, 0.05) is 11.8 Å². The average Bonchev–Trinajstić information content (AvgIpc) is 2.67. The number of fused-ring (bicyclic) bond motifs is 1. The predicted octanol–water partition coefficient (Wildman–Crippen LogP) is 4.90. The number of carbonyl (C=O) groups excluding carboxylic acids is 2. The molecule has 0 aliphatic carbocycles. The van der Waals surface area contributed by atoms with Crippen molar-refractivity contribution in [3.63, 3.8) is 0 Å². The summed E-state index contributed by atoms with van der Waals surface area (Å²) in [7, 11) is 0. The van der Waals surface area contributed by atoms with Crippen LogP contribution in [0.1, 0.15) is 32.8 Å². The second-order valence-electron chi connectivity index (χ2n) is 8.60. The van der Waals surface area contributed by atoms with Crippen LogP contribution in [0, 0.1) is 0 Å². The largest absolute Gasteiger partial charge is 0.458 e. The van der Waals surface area contributed by atoms with Gasteiger partial charge >= 0.3 is 5.97 Å². The lowest BCUT2D eigenvalue weighted by Gasteiger charge is -2.50. The van der Waals surface area contributed by atoms with E-state index < -0.39 is 11.1 Å². The van der Waals surface area contributed by atoms with Gasteiger partial charge in [0.2, 0.25) is 5.91 Å². The van der Waals surface area contributed by atoms with Crippen molar-refractivity contribution in [3.05, 3.63) is 78.4 Å². The van der Waals surface area contributed by atoms with Crippen LogP contribution in [0.4, 0.5) is 5.69 Å². The highest BCUT2D eigenvalue weighted by molar-refractivity contribution is 6.16. The lowest BCUT2D eigenvalue weighted by molar-refractivity contribution is -0.167. The van der Waals surface area contributed by atoms with E-state index in [2.05, 4.69) is 0 Å². The van der Waals surface area contributed by atoms with Gasteiger partial charge in [-0.1, -0.05) is 66.7 Å². The van der Waals surface area contributed by atoms with Gasteiger partial charge in [-0.05, 0) is 37.8 Å². The summed E-state index contributed by atoms with van der Waals surface area (Å²) < 4.78 is 5.80. The maximum atomic E-state index is 13.4. The highest BCUT2D eigenvalue weighted by Gasteiger charge is 2.59. The number of amides is 1. The highest BCUT2D eigenvalue weighted by Crippen LogP contribution is 2.43. The molecule has 0 bridgehead atoms. The van der Waals surface area contributed by atoms with E-state index in [0.29, 0.717) is 6.42 Å². The third-order valence-electron chi connectivity index (χ3n) is 5.25. The number of rotatable bonds is 4. The number of hydrogen-bond donors (Lipinski definition) is 0. The van der Waals surface area contributed by atoms with E-state index in [4.69, 9.17) is 4.74 Å². The van der Waals surface area contributed by atoms with E-state index in [-0.39, 0.29) is 18.3 Å². The molecular weight excluding hydrogens is 362 g/mol. The van der Waals surface area contributed by atoms with Crippen molar-refractivity contribution >= 4 is 28.3 Å². The topological polar surface area (TPSA) is 46.6 Å². The van der Waals surface area contributed by atoms with Crippen LogP contribution in [0.15, 0.2) is 72.8 Å². The van der Waals surface area contributed by atoms with E-state index in [1.165, 1.54) is 0 Å². The maximum absolute atomic E-state index is 13.4. The monoisotopic (exact) mass is 387 g/mol. The molecule has 0 N–H and O–H groups in total. The van der Waals surface area contributed by atoms with Crippen LogP contribution in [0.3, 0.4) is 0 Å². The molecule has 4 heteroatoms. The maximum Gasteiger partial charge on any atom is 0.333 e. The van der Waals surface area contributed by atoms with Crippen LogP contribution >= 0.6 is 0 Å². The van der Waals surface area contributed by atoms with Gasteiger partial charge in [0.1, 0.15) is 5.60 Å². The third-order valence-corrected chi connectivity index (χ3v) is 5.25. The fraction of sp³-hybridized carbons (Fsp3) is 0.280. The van der Waals surface area contributed by atoms with Crippen LogP contribution < -0.4 is 4.90 Å². The van der Waals surface area contributed by atoms with Crippen molar-refractivity contribution in [2.24, 2.45) is 0 Å². The predicted molar refractivity (Wildman–Crippen MR) is 115 cm³/mol. The fourth-order valence-corrected chi connectivity index (χ4v) is 4.01. The molecule has 1 heterocycles. The molecule has 4 nitrogen and oxygen atoms in total. The van der Waals surface area contributed by atoms with Crippen LogP contribution in [-0.2, 0) is 20.7 Å². The number of carbonyl (C=O) groups is 2. The normalized spacial score (nSPS) is 19.1. The molecule has 3 aromatic carbocycles. The second kappa shape index (κ2) is 7.03. The van der Waals surface area contributed by atoms with Gasteiger partial charge in [-0.25, -0.2) is 4.79 Å². The van der Waals surface area contributed by atoms with E-state index in [9.17, 15) is 9.59 Å². The molecule has 148 valence electrons. The van der Waals surface area contributed by atoms with Gasteiger partial charge in [-0.3, -0.25) is 9.69 Å². The highest BCUT2D eigenvalue weighted by atomic mass is 16.6. The zero-order valence-corrected chi connectivity index (χ0v) is 17.0. The number of nitrogens with zero attached hydrogens (tertiary/aromatic N) is 1. The van der Waals surface area contributed by atoms with Crippen molar-refractivity contribution < 1.29 is 14.3 Å². The molecule has 1 amide bonds. The lowest BCUT2D eigenvalue weighted by Crippen LogP contribution is -2.70. The van der Waals surface area contributed by atoms with Crippen LogP contribution in [0.5, 0.6) is 0 Å². The summed E-state index contributed by atoms with van der Waals surface area (Å²) in [5.74, 6) is -0.426. The minimum absolute atomic E-state index is 0.0665. The van der Waals surface area contributed by atoms with E-state index in [0.717, 1.165) is 22.0 Å². The number of benzene rings is 3. The Morgan fingerprint density at radius 2 is 1.62 bits per heavy atom. The Kier molecular flexibility index (Phi) is 4.65. The first-order chi connectivity index (χ1) is 13.8. The first-order valence-corrected chi connectivity index (χ1v) is 9.88. The van der Waals surface area contributed by atoms with Crippen molar-refractivity contribution in [2.75, 3.05) is 4.90 Å². The summed E-state index contributed by atoms with van der Waals surface area (Å²) in [6.07, 6.45) is 0.553. The minimum Gasteiger partial charge on any atom is -0.458 e. The van der Waals surface area contributed by atoms with Crippen LogP contribution in [0.2, 0.25) is 0 Å². The quantitative estimate of drug-likeness (QED) is 0.472. The molecule has 0 saturated carbocycles. The van der Waals surface area contributed by atoms with Gasteiger partial charge in [-0.15, -0.1) is 0 Å². The molecule has 0 radical (unpaired) electrons. The summed E-state index contributed by atoms with van der Waals surface area (Å²) >= 11 is 0. The van der Waals surface area contributed by atoms with Crippen molar-refractivity contribution in [1.82, 2.24) is 0 Å². The summed E-state index contributed by atoms with van der Waals surface area (Å²) in [5, 5.41) is 1.98. The molecule has 0 spiro atoms. The van der Waals surface area contributed by atoms with Gasteiger partial charge in [0.15, 0.2) is 5.54 Å². The third kappa shape index (κ3) is 3.51. The number of β-lactam (4-membered cyclic amide) rings is 1. The lowest BCUT2D eigenvalue weighted by atomic mass is 9.77. The van der Waals surface area contributed by atoms with Crippen LogP contribution in [0.25, 0.3) is 10.8 Å². The second-order valence-corrected chi connectivity index (χ2v) is 8.60. The van der Waals surface area contributed by atoms with Gasteiger partial charge in [0.05, 0.1) is 12.1 Å². The standard InChI is InChI=1S/C25H25NO3/c1-24(2,3)29-23(28)25(16-18-10-5-4-6-11-18)17-22(27)26(25)21-15-9-13-19-12-7-8-14-20(19)21/h4-15H,16-17H2,1-3H3/t25-/m0/s1. The molecule has 0 unspecified atom stereocenters. The summed E-state index contributed by atoms with van der Waals surface area (Å²) in [6.45, 7) is 5.55. The fourth-order valence-electron chi connectivity index (χ4n) is 4.01. The molecule has 1 atom stereocenters. The first-order valence-electron chi connectivity index (χ1n) is 9.88. The average molecular weight is 387 g/mol. The van der Waals surface area contributed by atoms with Gasteiger partial charge < -0.3 is 4.74 Å². The van der Waals surface area contributed by atoms with Crippen molar-refractivity contribution in [1.29, 1.82) is 0 Å². The Hall–Kier alpha value is -3.14. The molecule has 1 fully saturated rings. The Labute approximate surface area is 171 Å². The first kappa shape index (κ1) is 19.2. The summed E-state index contributed by atoms with van der Waals surface area (Å²) in [6, 6.07) is 23.5. The number of hydrogen-bond acceptors (Lipinski definition) is 3. The van der Waals surface area contributed by atoms with Crippen molar-refractivity contribution in [2.45, 2.75) is 44.8 Å².